The molecule has 31 heavy (non-hydrogen) atoms. The van der Waals surface area contributed by atoms with E-state index in [9.17, 15) is 15.0 Å². The first-order chi connectivity index (χ1) is 15.0. The van der Waals surface area contributed by atoms with Crippen LogP contribution in [-0.2, 0) is 0 Å². The fourth-order valence-electron chi connectivity index (χ4n) is 3.43. The molecule has 5 rings (SSSR count). The topological polar surface area (TPSA) is 88.2 Å². The number of benzene rings is 2. The van der Waals surface area contributed by atoms with E-state index in [2.05, 4.69) is 9.97 Å². The quantitative estimate of drug-likeness (QED) is 0.358. The zero-order valence-corrected chi connectivity index (χ0v) is 17.4. The van der Waals surface area contributed by atoms with Crippen molar-refractivity contribution < 1.29 is 15.0 Å². The molecule has 0 spiro atoms. The van der Waals surface area contributed by atoms with Crippen LogP contribution in [0.4, 0.5) is 0 Å². The van der Waals surface area contributed by atoms with Crippen molar-refractivity contribution >= 4 is 38.9 Å². The summed E-state index contributed by atoms with van der Waals surface area (Å²) in [6, 6.07) is 17.4. The van der Waals surface area contributed by atoms with Crippen LogP contribution in [0.3, 0.4) is 0 Å². The van der Waals surface area contributed by atoms with Gasteiger partial charge in [-0.05, 0) is 48.5 Å². The average molecular weight is 448 g/mol. The van der Waals surface area contributed by atoms with E-state index in [0.717, 1.165) is 10.2 Å². The van der Waals surface area contributed by atoms with Crippen LogP contribution >= 0.6 is 22.9 Å². The molecule has 0 fully saturated rings. The van der Waals surface area contributed by atoms with Crippen molar-refractivity contribution in [3.05, 3.63) is 89.2 Å². The molecule has 0 atom stereocenters. The van der Waals surface area contributed by atoms with E-state index in [1.807, 2.05) is 24.3 Å². The second-order valence-electron chi connectivity index (χ2n) is 6.77. The predicted molar refractivity (Wildman–Crippen MR) is 120 cm³/mol. The number of fused-ring (bicyclic) bond motifs is 1. The molecule has 152 valence electrons. The van der Waals surface area contributed by atoms with Gasteiger partial charge in [0.1, 0.15) is 0 Å². The van der Waals surface area contributed by atoms with Gasteiger partial charge in [0.25, 0.3) is 0 Å². The lowest BCUT2D eigenvalue weighted by molar-refractivity contribution is 0.103. The molecular formula is C23H14ClN3O3S. The zero-order valence-electron chi connectivity index (χ0n) is 15.9. The van der Waals surface area contributed by atoms with Gasteiger partial charge in [0.2, 0.25) is 5.88 Å². The molecule has 0 unspecified atom stereocenters. The maximum absolute atomic E-state index is 13.4. The zero-order chi connectivity index (χ0) is 21.5. The van der Waals surface area contributed by atoms with Crippen LogP contribution in [0.25, 0.3) is 26.6 Å². The van der Waals surface area contributed by atoms with Gasteiger partial charge in [-0.3, -0.25) is 14.3 Å². The molecule has 0 aliphatic rings. The van der Waals surface area contributed by atoms with Crippen LogP contribution in [-0.4, -0.2) is 30.5 Å². The number of hydrogen-bond donors (Lipinski definition) is 2. The van der Waals surface area contributed by atoms with Gasteiger partial charge in [-0.1, -0.05) is 35.1 Å². The van der Waals surface area contributed by atoms with Gasteiger partial charge in [0, 0.05) is 28.5 Å². The number of para-hydroxylation sites is 1. The maximum Gasteiger partial charge on any atom is 0.242 e. The molecule has 0 aliphatic carbocycles. The molecular weight excluding hydrogens is 434 g/mol. The van der Waals surface area contributed by atoms with Crippen molar-refractivity contribution in [2.24, 2.45) is 0 Å². The smallest absolute Gasteiger partial charge is 0.242 e. The van der Waals surface area contributed by atoms with Crippen LogP contribution in [0.1, 0.15) is 15.9 Å². The number of aromatic nitrogens is 3. The molecule has 0 bridgehead atoms. The Bertz CT molecular complexity index is 1390. The highest BCUT2D eigenvalue weighted by Gasteiger charge is 2.31. The summed E-state index contributed by atoms with van der Waals surface area (Å²) >= 11 is 7.29. The summed E-state index contributed by atoms with van der Waals surface area (Å²) in [6.45, 7) is 0. The van der Waals surface area contributed by atoms with Crippen molar-refractivity contribution in [1.29, 1.82) is 0 Å². The van der Waals surface area contributed by atoms with Crippen molar-refractivity contribution in [2.75, 3.05) is 0 Å². The Kier molecular flexibility index (Phi) is 4.69. The molecule has 0 saturated carbocycles. The fraction of sp³-hybridized carbons (Fsp3) is 0. The lowest BCUT2D eigenvalue weighted by Crippen LogP contribution is -2.05. The molecule has 0 radical (unpaired) electrons. The molecule has 3 aromatic heterocycles. The number of rotatable bonds is 4. The lowest BCUT2D eigenvalue weighted by Gasteiger charge is -2.09. The first-order valence-electron chi connectivity index (χ1n) is 9.28. The number of carbonyl (C=O) groups excluding carboxylic acids is 1. The Morgan fingerprint density at radius 1 is 1.00 bits per heavy atom. The van der Waals surface area contributed by atoms with Crippen LogP contribution < -0.4 is 0 Å². The van der Waals surface area contributed by atoms with Gasteiger partial charge in [-0.2, -0.15) is 0 Å². The van der Waals surface area contributed by atoms with Gasteiger partial charge in [0.05, 0.1) is 21.5 Å². The standard InChI is InChI=1S/C23H14ClN3O3S/c24-15-9-7-13(8-10-15)20(28)18-19(14-4-3-11-25-12-14)27(22(30)21(18)29)23-26-16-5-1-2-6-17(16)31-23/h1-12,29-30H. The monoisotopic (exact) mass is 447 g/mol. The van der Waals surface area contributed by atoms with E-state index in [4.69, 9.17) is 11.6 Å². The summed E-state index contributed by atoms with van der Waals surface area (Å²) in [6.07, 6.45) is 3.17. The number of hydrogen-bond acceptors (Lipinski definition) is 6. The third kappa shape index (κ3) is 3.24. The summed E-state index contributed by atoms with van der Waals surface area (Å²) in [5.74, 6) is -1.43. The minimum absolute atomic E-state index is 0.0351. The Morgan fingerprint density at radius 3 is 2.48 bits per heavy atom. The molecule has 5 aromatic rings. The summed E-state index contributed by atoms with van der Waals surface area (Å²) in [7, 11) is 0. The molecule has 0 amide bonds. The summed E-state index contributed by atoms with van der Waals surface area (Å²) < 4.78 is 2.30. The second-order valence-corrected chi connectivity index (χ2v) is 8.22. The Hall–Kier alpha value is -3.68. The van der Waals surface area contributed by atoms with Gasteiger partial charge in [0.15, 0.2) is 16.7 Å². The van der Waals surface area contributed by atoms with Gasteiger partial charge in [-0.15, -0.1) is 0 Å². The maximum atomic E-state index is 13.4. The molecule has 0 saturated heterocycles. The first kappa shape index (κ1) is 19.3. The first-order valence-corrected chi connectivity index (χ1v) is 10.5. The molecule has 2 aromatic carbocycles. The Morgan fingerprint density at radius 2 is 1.77 bits per heavy atom. The number of aromatic hydroxyl groups is 2. The Labute approximate surface area is 185 Å². The average Bonchev–Trinajstić information content (AvgIpc) is 3.33. The van der Waals surface area contributed by atoms with Crippen molar-refractivity contribution in [2.45, 2.75) is 0 Å². The number of carbonyl (C=O) groups is 1. The minimum Gasteiger partial charge on any atom is -0.503 e. The molecule has 6 nitrogen and oxygen atoms in total. The van der Waals surface area contributed by atoms with Crippen LogP contribution in [0.15, 0.2) is 73.1 Å². The van der Waals surface area contributed by atoms with E-state index in [1.165, 1.54) is 15.9 Å². The van der Waals surface area contributed by atoms with E-state index in [1.54, 1.807) is 48.8 Å². The lowest BCUT2D eigenvalue weighted by atomic mass is 10.00. The van der Waals surface area contributed by atoms with E-state index in [0.29, 0.717) is 27.0 Å². The second kappa shape index (κ2) is 7.54. The van der Waals surface area contributed by atoms with E-state index >= 15 is 0 Å². The Balaban J connectivity index is 1.80. The van der Waals surface area contributed by atoms with E-state index in [-0.39, 0.29) is 5.56 Å². The van der Waals surface area contributed by atoms with Crippen LogP contribution in [0, 0.1) is 0 Å². The summed E-state index contributed by atoms with van der Waals surface area (Å²) in [5, 5.41) is 22.6. The summed E-state index contributed by atoms with van der Waals surface area (Å²) in [5.41, 5.74) is 1.90. The van der Waals surface area contributed by atoms with Crippen LogP contribution in [0.5, 0.6) is 11.6 Å². The normalized spacial score (nSPS) is 11.1. The number of nitrogens with zero attached hydrogens (tertiary/aromatic N) is 3. The third-order valence-corrected chi connectivity index (χ3v) is 6.14. The van der Waals surface area contributed by atoms with Gasteiger partial charge >= 0.3 is 0 Å². The molecule has 2 N–H and O–H groups in total. The highest BCUT2D eigenvalue weighted by atomic mass is 35.5. The van der Waals surface area contributed by atoms with Gasteiger partial charge < -0.3 is 10.2 Å². The minimum atomic E-state index is -0.516. The highest BCUT2D eigenvalue weighted by molar-refractivity contribution is 7.20. The number of ketones is 1. The summed E-state index contributed by atoms with van der Waals surface area (Å²) in [4.78, 5) is 22.1. The number of halogens is 1. The fourth-order valence-corrected chi connectivity index (χ4v) is 4.53. The SMILES string of the molecule is O=C(c1ccc(Cl)cc1)c1c(O)c(O)n(-c2nc3ccccc3s2)c1-c1cccnc1. The highest BCUT2D eigenvalue weighted by Crippen LogP contribution is 2.45. The van der Waals surface area contributed by atoms with E-state index < -0.39 is 17.4 Å². The number of pyridine rings is 1. The van der Waals surface area contributed by atoms with Crippen molar-refractivity contribution in [1.82, 2.24) is 14.5 Å². The van der Waals surface area contributed by atoms with Gasteiger partial charge in [-0.25, -0.2) is 4.98 Å². The van der Waals surface area contributed by atoms with Crippen molar-refractivity contribution in [3.8, 4) is 28.0 Å². The molecule has 8 heteroatoms. The largest absolute Gasteiger partial charge is 0.503 e. The number of thiazole rings is 1. The predicted octanol–water partition coefficient (Wildman–Crippen LogP) is 5.44. The molecule has 0 aliphatic heterocycles. The van der Waals surface area contributed by atoms with Crippen LogP contribution in [0.2, 0.25) is 5.02 Å². The van der Waals surface area contributed by atoms with Crippen molar-refractivity contribution in [3.63, 3.8) is 0 Å². The third-order valence-electron chi connectivity index (χ3n) is 4.86. The molecule has 3 heterocycles.